The highest BCUT2D eigenvalue weighted by atomic mass is 35.5. The Morgan fingerprint density at radius 1 is 1.53 bits per heavy atom. The monoisotopic (exact) mass is 226 g/mol. The van der Waals surface area contributed by atoms with Crippen molar-refractivity contribution < 1.29 is 14.3 Å². The van der Waals surface area contributed by atoms with E-state index in [0.29, 0.717) is 16.1 Å². The van der Waals surface area contributed by atoms with Crippen molar-refractivity contribution in [2.24, 2.45) is 0 Å². The fourth-order valence-corrected chi connectivity index (χ4v) is 1.48. The Morgan fingerprint density at radius 3 is 2.93 bits per heavy atom. The van der Waals surface area contributed by atoms with E-state index in [4.69, 9.17) is 16.0 Å². The Bertz CT molecular complexity index is 583. The fourth-order valence-electron chi connectivity index (χ4n) is 1.31. The maximum Gasteiger partial charge on any atom is 0.420 e. The van der Waals surface area contributed by atoms with Crippen molar-refractivity contribution >= 4 is 28.7 Å². The fraction of sp³-hybridized carbons (Fsp3) is 0.111. The number of hydrogen-bond donors (Lipinski definition) is 0. The number of hydrogen-bond acceptors (Lipinski definition) is 4. The second-order valence-electron chi connectivity index (χ2n) is 2.94. The summed E-state index contributed by atoms with van der Waals surface area (Å²) >= 11 is 5.72. The molecule has 0 atom stereocenters. The van der Waals surface area contributed by atoms with Gasteiger partial charge in [-0.3, -0.25) is 4.57 Å². The van der Waals surface area contributed by atoms with Crippen LogP contribution >= 0.6 is 11.6 Å². The predicted molar refractivity (Wildman–Crippen MR) is 50.5 cm³/mol. The highest BCUT2D eigenvalue weighted by molar-refractivity contribution is 6.31. The molecule has 0 unspecified atom stereocenters. The molecule has 0 fully saturated rings. The first-order valence-corrected chi connectivity index (χ1v) is 4.44. The summed E-state index contributed by atoms with van der Waals surface area (Å²) in [7, 11) is 0. The van der Waals surface area contributed by atoms with Crippen LogP contribution in [0.5, 0.6) is 0 Å². The van der Waals surface area contributed by atoms with Crippen LogP contribution in [0.25, 0.3) is 11.1 Å². The van der Waals surface area contributed by atoms with Gasteiger partial charge in [-0.1, -0.05) is 11.6 Å². The number of carboxylic acid groups (broad SMARTS) is 1. The van der Waals surface area contributed by atoms with Crippen LogP contribution in [-0.2, 0) is 11.3 Å². The largest absolute Gasteiger partial charge is 0.548 e. The number of nitrogens with zero attached hydrogens (tertiary/aromatic N) is 1. The van der Waals surface area contributed by atoms with Crippen molar-refractivity contribution in [1.29, 1.82) is 0 Å². The van der Waals surface area contributed by atoms with E-state index in [9.17, 15) is 14.7 Å². The van der Waals surface area contributed by atoms with Gasteiger partial charge in [0.2, 0.25) is 0 Å². The van der Waals surface area contributed by atoms with Gasteiger partial charge in [-0.15, -0.1) is 0 Å². The number of carbonyl (C=O) groups excluding carboxylic acids is 1. The van der Waals surface area contributed by atoms with E-state index in [0.717, 1.165) is 4.57 Å². The van der Waals surface area contributed by atoms with Crippen molar-refractivity contribution in [3.05, 3.63) is 33.8 Å². The number of oxazole rings is 1. The average Bonchev–Trinajstić information content (AvgIpc) is 2.43. The summed E-state index contributed by atoms with van der Waals surface area (Å²) in [6, 6.07) is 4.52. The lowest BCUT2D eigenvalue weighted by atomic mass is 10.3. The van der Waals surface area contributed by atoms with Crippen LogP contribution in [0.4, 0.5) is 0 Å². The summed E-state index contributed by atoms with van der Waals surface area (Å²) in [5.41, 5.74) is 0.641. The highest BCUT2D eigenvalue weighted by Crippen LogP contribution is 2.18. The van der Waals surface area contributed by atoms with Gasteiger partial charge in [-0.2, -0.15) is 0 Å². The zero-order valence-electron chi connectivity index (χ0n) is 7.40. The molecule has 0 amide bonds. The predicted octanol–water partition coefficient (Wildman–Crippen LogP) is -0.00220. The van der Waals surface area contributed by atoms with Gasteiger partial charge in [0.25, 0.3) is 0 Å². The molecule has 0 aliphatic carbocycles. The van der Waals surface area contributed by atoms with Gasteiger partial charge < -0.3 is 14.3 Å². The van der Waals surface area contributed by atoms with E-state index in [1.54, 1.807) is 6.07 Å². The lowest BCUT2D eigenvalue weighted by molar-refractivity contribution is -0.306. The number of benzene rings is 1. The minimum atomic E-state index is -1.36. The molecule has 1 heterocycles. The van der Waals surface area contributed by atoms with Crippen LogP contribution in [0.1, 0.15) is 0 Å². The Balaban J connectivity index is 2.70. The molecule has 0 aliphatic rings. The first kappa shape index (κ1) is 9.79. The van der Waals surface area contributed by atoms with Gasteiger partial charge in [0.15, 0.2) is 5.58 Å². The second kappa shape index (κ2) is 3.43. The third-order valence-corrected chi connectivity index (χ3v) is 2.15. The first-order chi connectivity index (χ1) is 7.08. The molecule has 0 radical (unpaired) electrons. The van der Waals surface area contributed by atoms with Crippen molar-refractivity contribution in [1.82, 2.24) is 4.57 Å². The second-order valence-corrected chi connectivity index (χ2v) is 3.37. The van der Waals surface area contributed by atoms with Crippen LogP contribution < -0.4 is 10.9 Å². The van der Waals surface area contributed by atoms with Crippen LogP contribution in [0, 0.1) is 0 Å². The summed E-state index contributed by atoms with van der Waals surface area (Å²) in [6.45, 7) is -0.549. The van der Waals surface area contributed by atoms with E-state index in [1.165, 1.54) is 12.1 Å². The Labute approximate surface area is 88.5 Å². The Kier molecular flexibility index (Phi) is 2.24. The molecule has 2 rings (SSSR count). The molecule has 0 N–H and O–H groups in total. The van der Waals surface area contributed by atoms with Gasteiger partial charge in [0.05, 0.1) is 18.0 Å². The summed E-state index contributed by atoms with van der Waals surface area (Å²) in [4.78, 5) is 21.6. The zero-order valence-corrected chi connectivity index (χ0v) is 8.15. The molecule has 2 aromatic rings. The Hall–Kier alpha value is -1.75. The highest BCUT2D eigenvalue weighted by Gasteiger charge is 2.09. The molecule has 1 aromatic heterocycles. The smallest absolute Gasteiger partial charge is 0.420 e. The van der Waals surface area contributed by atoms with Gasteiger partial charge in [-0.25, -0.2) is 4.79 Å². The third kappa shape index (κ3) is 1.73. The number of carbonyl (C=O) groups is 1. The molecule has 5 nitrogen and oxygen atoms in total. The Morgan fingerprint density at radius 2 is 2.27 bits per heavy atom. The number of aromatic nitrogens is 1. The van der Waals surface area contributed by atoms with Crippen molar-refractivity contribution in [2.75, 3.05) is 0 Å². The van der Waals surface area contributed by atoms with E-state index < -0.39 is 18.3 Å². The molecule has 6 heteroatoms. The van der Waals surface area contributed by atoms with Crippen molar-refractivity contribution in [3.63, 3.8) is 0 Å². The first-order valence-electron chi connectivity index (χ1n) is 4.06. The summed E-state index contributed by atoms with van der Waals surface area (Å²) in [5, 5.41) is 10.8. The van der Waals surface area contributed by atoms with E-state index in [2.05, 4.69) is 0 Å². The van der Waals surface area contributed by atoms with Crippen LogP contribution in [0.2, 0.25) is 5.02 Å². The maximum atomic E-state index is 11.2. The molecular weight excluding hydrogens is 222 g/mol. The molecule has 0 spiro atoms. The van der Waals surface area contributed by atoms with Crippen molar-refractivity contribution in [3.8, 4) is 0 Å². The molecule has 0 saturated heterocycles. The topological polar surface area (TPSA) is 75.3 Å². The number of fused-ring (bicyclic) bond motifs is 1. The normalized spacial score (nSPS) is 10.7. The van der Waals surface area contributed by atoms with Crippen LogP contribution in [0.3, 0.4) is 0 Å². The number of aliphatic carboxylic acids is 1. The lowest BCUT2D eigenvalue weighted by Gasteiger charge is -2.02. The molecule has 78 valence electrons. The van der Waals surface area contributed by atoms with Gasteiger partial charge >= 0.3 is 5.76 Å². The van der Waals surface area contributed by atoms with Crippen LogP contribution in [0.15, 0.2) is 27.4 Å². The molecule has 15 heavy (non-hydrogen) atoms. The average molecular weight is 227 g/mol. The SMILES string of the molecule is O=C([O-])Cn1c(=O)oc2ccc(Cl)cc21. The standard InChI is InChI=1S/C9H6ClNO4/c10-5-1-2-7-6(3-5)11(4-8(12)13)9(14)15-7/h1-3H,4H2,(H,12,13)/p-1. The zero-order chi connectivity index (χ0) is 11.0. The summed E-state index contributed by atoms with van der Waals surface area (Å²) < 4.78 is 5.77. The molecule has 0 saturated carbocycles. The minimum Gasteiger partial charge on any atom is -0.548 e. The number of carboxylic acids is 1. The molecule has 0 bridgehead atoms. The molecule has 0 aliphatic heterocycles. The van der Waals surface area contributed by atoms with Gasteiger partial charge in [0, 0.05) is 5.02 Å². The number of halogens is 1. The maximum absolute atomic E-state index is 11.2. The molecule has 1 aromatic carbocycles. The van der Waals surface area contributed by atoms with Crippen molar-refractivity contribution in [2.45, 2.75) is 6.54 Å². The van der Waals surface area contributed by atoms with E-state index in [-0.39, 0.29) is 0 Å². The minimum absolute atomic E-state index is 0.297. The van der Waals surface area contributed by atoms with E-state index in [1.807, 2.05) is 0 Å². The number of rotatable bonds is 2. The lowest BCUT2D eigenvalue weighted by Crippen LogP contribution is -2.31. The summed E-state index contributed by atoms with van der Waals surface area (Å²) in [5.74, 6) is -2.10. The van der Waals surface area contributed by atoms with Gasteiger partial charge in [0.1, 0.15) is 0 Å². The van der Waals surface area contributed by atoms with Gasteiger partial charge in [-0.05, 0) is 18.2 Å². The van der Waals surface area contributed by atoms with Crippen LogP contribution in [-0.4, -0.2) is 10.5 Å². The molecular formula is C9H5ClNO4-. The van der Waals surface area contributed by atoms with E-state index >= 15 is 0 Å². The third-order valence-electron chi connectivity index (χ3n) is 1.92. The quantitative estimate of drug-likeness (QED) is 0.722. The summed E-state index contributed by atoms with van der Waals surface area (Å²) in [6.07, 6.45) is 0.